The fourth-order valence-electron chi connectivity index (χ4n) is 1.38. The quantitative estimate of drug-likeness (QED) is 0.927. The predicted molar refractivity (Wildman–Crippen MR) is 72.7 cm³/mol. The zero-order valence-corrected chi connectivity index (χ0v) is 11.7. The van der Waals surface area contributed by atoms with Gasteiger partial charge in [-0.1, -0.05) is 0 Å². The van der Waals surface area contributed by atoms with Crippen molar-refractivity contribution in [3.05, 3.63) is 28.7 Å². The minimum atomic E-state index is -0.322. The molecule has 2 aromatic heterocycles. The van der Waals surface area contributed by atoms with Gasteiger partial charge in [0.05, 0.1) is 12.3 Å². The highest BCUT2D eigenvalue weighted by molar-refractivity contribution is 7.15. The summed E-state index contributed by atoms with van der Waals surface area (Å²) in [6.07, 6.45) is 1.30. The summed E-state index contributed by atoms with van der Waals surface area (Å²) in [6, 6.07) is 1.51. The van der Waals surface area contributed by atoms with Gasteiger partial charge in [0.2, 0.25) is 5.88 Å². The molecule has 2 rings (SSSR count). The maximum atomic E-state index is 12.0. The molecule has 0 spiro atoms. The molecule has 1 amide bonds. The molecule has 0 fully saturated rings. The van der Waals surface area contributed by atoms with Gasteiger partial charge in [-0.3, -0.25) is 10.1 Å². The maximum absolute atomic E-state index is 12.0. The largest absolute Gasteiger partial charge is 0.478 e. The van der Waals surface area contributed by atoms with Crippen molar-refractivity contribution in [3.8, 4) is 5.88 Å². The zero-order valence-electron chi connectivity index (χ0n) is 10.9. The van der Waals surface area contributed by atoms with Crippen molar-refractivity contribution in [2.75, 3.05) is 11.9 Å². The van der Waals surface area contributed by atoms with Crippen molar-refractivity contribution in [1.82, 2.24) is 15.0 Å². The van der Waals surface area contributed by atoms with E-state index in [1.54, 1.807) is 0 Å². The van der Waals surface area contributed by atoms with Gasteiger partial charge in [0.1, 0.15) is 12.0 Å². The number of nitrogens with one attached hydrogen (secondary N) is 1. The predicted octanol–water partition coefficient (Wildman–Crippen LogP) is 2.20. The van der Waals surface area contributed by atoms with Crippen molar-refractivity contribution in [2.45, 2.75) is 20.8 Å². The minimum absolute atomic E-state index is 0.254. The van der Waals surface area contributed by atoms with Crippen molar-refractivity contribution < 1.29 is 9.53 Å². The number of rotatable bonds is 4. The Bertz CT molecular complexity index is 578. The van der Waals surface area contributed by atoms with E-state index in [2.05, 4.69) is 20.3 Å². The van der Waals surface area contributed by atoms with Crippen LogP contribution in [0.5, 0.6) is 5.88 Å². The number of ether oxygens (including phenoxy) is 1. The number of nitrogens with zero attached hydrogens (tertiary/aromatic N) is 3. The molecule has 1 N–H and O–H groups in total. The third kappa shape index (κ3) is 3.25. The lowest BCUT2D eigenvalue weighted by molar-refractivity contribution is 0.102. The molecule has 0 aliphatic heterocycles. The molecule has 0 aliphatic carbocycles. The lowest BCUT2D eigenvalue weighted by Gasteiger charge is -2.03. The number of hydrogen-bond donors (Lipinski definition) is 1. The molecular weight excluding hydrogens is 264 g/mol. The molecule has 100 valence electrons. The van der Waals surface area contributed by atoms with Crippen LogP contribution in [-0.4, -0.2) is 27.5 Å². The zero-order chi connectivity index (χ0) is 13.8. The number of thiazole rings is 1. The topological polar surface area (TPSA) is 77.0 Å². The Morgan fingerprint density at radius 1 is 1.42 bits per heavy atom. The van der Waals surface area contributed by atoms with E-state index in [-0.39, 0.29) is 11.6 Å². The molecule has 0 bridgehead atoms. The Kier molecular flexibility index (Phi) is 4.06. The average Bonchev–Trinajstić information content (AvgIpc) is 2.69. The lowest BCUT2D eigenvalue weighted by atomic mass is 10.4. The summed E-state index contributed by atoms with van der Waals surface area (Å²) in [5.41, 5.74) is 1.17. The van der Waals surface area contributed by atoms with E-state index in [0.717, 1.165) is 10.6 Å². The first-order valence-electron chi connectivity index (χ1n) is 5.80. The molecule has 19 heavy (non-hydrogen) atoms. The number of aryl methyl sites for hydroxylation is 2. The van der Waals surface area contributed by atoms with Crippen LogP contribution in [0.1, 0.15) is 28.0 Å². The van der Waals surface area contributed by atoms with Crippen LogP contribution in [0.3, 0.4) is 0 Å². The summed E-state index contributed by atoms with van der Waals surface area (Å²) in [7, 11) is 0. The Hall–Kier alpha value is -2.02. The standard InChI is InChI=1S/C12H14N4O2S/c1-4-18-10-5-9(13-6-14-10)11(17)16-12-15-7(2)8(3)19-12/h5-6H,4H2,1-3H3,(H,15,16,17). The van der Waals surface area contributed by atoms with Crippen LogP contribution >= 0.6 is 11.3 Å². The molecule has 0 radical (unpaired) electrons. The van der Waals surface area contributed by atoms with Gasteiger partial charge in [-0.25, -0.2) is 15.0 Å². The number of hydrogen-bond acceptors (Lipinski definition) is 6. The van der Waals surface area contributed by atoms with Gasteiger partial charge in [0.25, 0.3) is 5.91 Å². The van der Waals surface area contributed by atoms with Gasteiger partial charge in [-0.15, -0.1) is 11.3 Å². The Balaban J connectivity index is 2.13. The fraction of sp³-hybridized carbons (Fsp3) is 0.333. The van der Waals surface area contributed by atoms with Crippen LogP contribution in [0.2, 0.25) is 0 Å². The van der Waals surface area contributed by atoms with E-state index in [1.165, 1.54) is 23.7 Å². The Morgan fingerprint density at radius 3 is 2.84 bits per heavy atom. The number of amides is 1. The Morgan fingerprint density at radius 2 is 2.21 bits per heavy atom. The van der Waals surface area contributed by atoms with E-state index >= 15 is 0 Å². The molecule has 0 unspecified atom stereocenters. The first-order chi connectivity index (χ1) is 9.10. The third-order valence-corrected chi connectivity index (χ3v) is 3.40. The first-order valence-corrected chi connectivity index (χ1v) is 6.62. The van der Waals surface area contributed by atoms with Crippen LogP contribution in [0.15, 0.2) is 12.4 Å². The number of carbonyl (C=O) groups is 1. The summed E-state index contributed by atoms with van der Waals surface area (Å²) in [5, 5.41) is 3.28. The SMILES string of the molecule is CCOc1cc(C(=O)Nc2nc(C)c(C)s2)ncn1. The first kappa shape index (κ1) is 13.4. The van der Waals surface area contributed by atoms with E-state index in [9.17, 15) is 4.79 Å². The van der Waals surface area contributed by atoms with Gasteiger partial charge >= 0.3 is 0 Å². The highest BCUT2D eigenvalue weighted by atomic mass is 32.1. The van der Waals surface area contributed by atoms with Crippen molar-refractivity contribution in [1.29, 1.82) is 0 Å². The number of aromatic nitrogens is 3. The molecule has 0 atom stereocenters. The maximum Gasteiger partial charge on any atom is 0.276 e. The fourth-order valence-corrected chi connectivity index (χ4v) is 2.19. The Labute approximate surface area is 114 Å². The average molecular weight is 278 g/mol. The molecule has 0 saturated carbocycles. The summed E-state index contributed by atoms with van der Waals surface area (Å²) in [4.78, 5) is 25.2. The summed E-state index contributed by atoms with van der Waals surface area (Å²) in [5.74, 6) is 0.0613. The van der Waals surface area contributed by atoms with E-state index in [4.69, 9.17) is 4.74 Å². The number of carbonyl (C=O) groups excluding carboxylic acids is 1. The van der Waals surface area contributed by atoms with E-state index in [1.807, 2.05) is 20.8 Å². The second kappa shape index (κ2) is 5.75. The molecule has 0 aliphatic rings. The van der Waals surface area contributed by atoms with Gasteiger partial charge < -0.3 is 4.74 Å². The monoisotopic (exact) mass is 278 g/mol. The van der Waals surface area contributed by atoms with Gasteiger partial charge in [-0.2, -0.15) is 0 Å². The smallest absolute Gasteiger partial charge is 0.276 e. The van der Waals surface area contributed by atoms with Crippen molar-refractivity contribution in [3.63, 3.8) is 0 Å². The van der Waals surface area contributed by atoms with E-state index in [0.29, 0.717) is 17.6 Å². The summed E-state index contributed by atoms with van der Waals surface area (Å²) >= 11 is 1.43. The molecule has 7 heteroatoms. The van der Waals surface area contributed by atoms with Crippen LogP contribution in [0, 0.1) is 13.8 Å². The lowest BCUT2D eigenvalue weighted by Crippen LogP contribution is -2.14. The third-order valence-electron chi connectivity index (χ3n) is 2.42. The number of anilines is 1. The highest BCUT2D eigenvalue weighted by Crippen LogP contribution is 2.21. The summed E-state index contributed by atoms with van der Waals surface area (Å²) in [6.45, 7) is 6.20. The van der Waals surface area contributed by atoms with Crippen LogP contribution < -0.4 is 10.1 Å². The molecule has 2 aromatic rings. The van der Waals surface area contributed by atoms with Gasteiger partial charge in [0, 0.05) is 10.9 Å². The van der Waals surface area contributed by atoms with Crippen LogP contribution in [-0.2, 0) is 0 Å². The van der Waals surface area contributed by atoms with Crippen LogP contribution in [0.4, 0.5) is 5.13 Å². The van der Waals surface area contributed by atoms with Crippen LogP contribution in [0.25, 0.3) is 0 Å². The van der Waals surface area contributed by atoms with Crippen molar-refractivity contribution in [2.24, 2.45) is 0 Å². The van der Waals surface area contributed by atoms with Gasteiger partial charge in [0.15, 0.2) is 5.13 Å². The molecule has 0 saturated heterocycles. The molecule has 2 heterocycles. The normalized spacial score (nSPS) is 10.3. The second-order valence-corrected chi connectivity index (χ2v) is 4.99. The van der Waals surface area contributed by atoms with Crippen molar-refractivity contribution >= 4 is 22.4 Å². The molecular formula is C12H14N4O2S. The van der Waals surface area contributed by atoms with Gasteiger partial charge in [-0.05, 0) is 20.8 Å². The minimum Gasteiger partial charge on any atom is -0.478 e. The molecule has 0 aromatic carbocycles. The molecule has 6 nitrogen and oxygen atoms in total. The highest BCUT2D eigenvalue weighted by Gasteiger charge is 2.12. The van der Waals surface area contributed by atoms with E-state index < -0.39 is 0 Å². The summed E-state index contributed by atoms with van der Waals surface area (Å²) < 4.78 is 5.23. The second-order valence-electron chi connectivity index (χ2n) is 3.79.